The molecule has 0 unspecified atom stereocenters. The summed E-state index contributed by atoms with van der Waals surface area (Å²) in [5.41, 5.74) is -0.925. The summed E-state index contributed by atoms with van der Waals surface area (Å²) >= 11 is 8.64. The predicted octanol–water partition coefficient (Wildman–Crippen LogP) is 4.56. The molecule has 3 rings (SSSR count). The van der Waals surface area contributed by atoms with Gasteiger partial charge in [-0.1, -0.05) is 28.1 Å². The molecule has 0 radical (unpaired) electrons. The van der Waals surface area contributed by atoms with Gasteiger partial charge in [-0.25, -0.2) is 9.50 Å². The highest BCUT2D eigenvalue weighted by Crippen LogP contribution is 2.33. The molecule has 0 amide bonds. The fraction of sp³-hybridized carbons (Fsp3) is 0.0714. The van der Waals surface area contributed by atoms with E-state index in [-0.39, 0.29) is 16.9 Å². The van der Waals surface area contributed by atoms with E-state index in [9.17, 15) is 18.0 Å². The van der Waals surface area contributed by atoms with Gasteiger partial charge in [0.25, 0.3) is 5.24 Å². The van der Waals surface area contributed by atoms with E-state index < -0.39 is 17.1 Å². The Balaban J connectivity index is 2.33. The largest absolute Gasteiger partial charge is 0.433 e. The zero-order valence-corrected chi connectivity index (χ0v) is 13.4. The quantitative estimate of drug-likeness (QED) is 0.589. The zero-order valence-electron chi connectivity index (χ0n) is 11.1. The third-order valence-corrected chi connectivity index (χ3v) is 3.85. The maximum Gasteiger partial charge on any atom is 0.433 e. The minimum absolute atomic E-state index is 0.0667. The zero-order chi connectivity index (χ0) is 16.8. The number of alkyl halides is 3. The van der Waals surface area contributed by atoms with Crippen LogP contribution < -0.4 is 0 Å². The summed E-state index contributed by atoms with van der Waals surface area (Å²) < 4.78 is 41.2. The van der Waals surface area contributed by atoms with Crippen molar-refractivity contribution in [1.29, 1.82) is 0 Å². The van der Waals surface area contributed by atoms with E-state index in [4.69, 9.17) is 11.6 Å². The summed E-state index contributed by atoms with van der Waals surface area (Å²) in [6.07, 6.45) is -3.69. The highest BCUT2D eigenvalue weighted by atomic mass is 79.9. The van der Waals surface area contributed by atoms with E-state index in [0.29, 0.717) is 10.1 Å². The number of nitrogens with zero attached hydrogens (tertiary/aromatic N) is 3. The second kappa shape index (κ2) is 5.61. The highest BCUT2D eigenvalue weighted by Gasteiger charge is 2.36. The molecule has 0 bridgehead atoms. The third kappa shape index (κ3) is 2.96. The summed E-state index contributed by atoms with van der Waals surface area (Å²) in [4.78, 5) is 15.5. The lowest BCUT2D eigenvalue weighted by molar-refractivity contribution is -0.142. The molecule has 2 aromatic heterocycles. The Morgan fingerprint density at radius 1 is 1.22 bits per heavy atom. The molecule has 0 atom stereocenters. The molecule has 23 heavy (non-hydrogen) atoms. The van der Waals surface area contributed by atoms with Crippen LogP contribution in [0.3, 0.4) is 0 Å². The smallest absolute Gasteiger partial charge is 0.275 e. The summed E-state index contributed by atoms with van der Waals surface area (Å²) in [7, 11) is 0. The topological polar surface area (TPSA) is 47.3 Å². The van der Waals surface area contributed by atoms with Crippen LogP contribution in [-0.2, 0) is 6.18 Å². The summed E-state index contributed by atoms with van der Waals surface area (Å²) in [6.45, 7) is 0. The van der Waals surface area contributed by atoms with Gasteiger partial charge in [0, 0.05) is 10.0 Å². The van der Waals surface area contributed by atoms with Crippen molar-refractivity contribution in [2.24, 2.45) is 0 Å². The number of aromatic nitrogens is 3. The minimum atomic E-state index is -4.66. The van der Waals surface area contributed by atoms with Gasteiger partial charge in [-0.3, -0.25) is 4.79 Å². The van der Waals surface area contributed by atoms with E-state index in [1.165, 1.54) is 0 Å². The first-order valence-electron chi connectivity index (χ1n) is 6.19. The maximum atomic E-state index is 13.3. The molecular weight excluding hydrogens is 399 g/mol. The highest BCUT2D eigenvalue weighted by molar-refractivity contribution is 9.10. The van der Waals surface area contributed by atoms with Crippen molar-refractivity contribution < 1.29 is 18.0 Å². The molecule has 0 fully saturated rings. The second-order valence-corrected chi connectivity index (χ2v) is 5.86. The van der Waals surface area contributed by atoms with Gasteiger partial charge < -0.3 is 0 Å². The summed E-state index contributed by atoms with van der Waals surface area (Å²) in [5, 5.41) is 2.65. The monoisotopic (exact) mass is 403 g/mol. The molecule has 0 saturated carbocycles. The Hall–Kier alpha value is -1.93. The Labute approximate surface area is 141 Å². The number of hydrogen-bond donors (Lipinski definition) is 0. The minimum Gasteiger partial charge on any atom is -0.275 e. The number of fused-ring (bicyclic) bond motifs is 1. The SMILES string of the molecule is O=C(Cl)c1cnn2c(C(F)(F)F)cc(-c3ccc(Br)cc3)nc12. The fourth-order valence-electron chi connectivity index (χ4n) is 2.07. The van der Waals surface area contributed by atoms with Gasteiger partial charge in [0.1, 0.15) is 0 Å². The first kappa shape index (κ1) is 15.9. The van der Waals surface area contributed by atoms with Crippen molar-refractivity contribution in [2.75, 3.05) is 0 Å². The van der Waals surface area contributed by atoms with Crippen LogP contribution in [-0.4, -0.2) is 19.8 Å². The lowest BCUT2D eigenvalue weighted by Crippen LogP contribution is -2.14. The Bertz CT molecular complexity index is 906. The summed E-state index contributed by atoms with van der Waals surface area (Å²) in [6, 6.07) is 7.46. The van der Waals surface area contributed by atoms with Crippen molar-refractivity contribution in [1.82, 2.24) is 14.6 Å². The van der Waals surface area contributed by atoms with E-state index in [2.05, 4.69) is 26.0 Å². The molecule has 0 N–H and O–H groups in total. The van der Waals surface area contributed by atoms with E-state index in [0.717, 1.165) is 16.7 Å². The average molecular weight is 405 g/mol. The molecule has 0 aliphatic heterocycles. The van der Waals surface area contributed by atoms with Crippen molar-refractivity contribution in [2.45, 2.75) is 6.18 Å². The van der Waals surface area contributed by atoms with E-state index in [1.807, 2.05) is 0 Å². The lowest BCUT2D eigenvalue weighted by Gasteiger charge is -2.11. The molecule has 2 heterocycles. The van der Waals surface area contributed by atoms with Gasteiger partial charge >= 0.3 is 6.18 Å². The number of halogens is 5. The first-order valence-corrected chi connectivity index (χ1v) is 7.36. The van der Waals surface area contributed by atoms with Crippen LogP contribution in [0.2, 0.25) is 0 Å². The van der Waals surface area contributed by atoms with Crippen molar-refractivity contribution in [3.63, 3.8) is 0 Å². The Morgan fingerprint density at radius 3 is 2.43 bits per heavy atom. The van der Waals surface area contributed by atoms with Gasteiger partial charge in [-0.2, -0.15) is 18.3 Å². The lowest BCUT2D eigenvalue weighted by atomic mass is 10.1. The van der Waals surface area contributed by atoms with Crippen LogP contribution >= 0.6 is 27.5 Å². The third-order valence-electron chi connectivity index (χ3n) is 3.11. The molecule has 1 aromatic carbocycles. The fourth-order valence-corrected chi connectivity index (χ4v) is 2.47. The standard InChI is InChI=1S/C14H6BrClF3N3O/c15-8-3-1-7(2-4-8)10-5-11(14(17,18)19)22-13(21-10)9(6-20-22)12(16)23/h1-6H. The van der Waals surface area contributed by atoms with Gasteiger partial charge in [-0.05, 0) is 29.8 Å². The summed E-state index contributed by atoms with van der Waals surface area (Å²) in [5.74, 6) is 0. The average Bonchev–Trinajstić information content (AvgIpc) is 2.89. The molecule has 0 saturated heterocycles. The number of hydrogen-bond acceptors (Lipinski definition) is 3. The van der Waals surface area contributed by atoms with Crippen LogP contribution in [0.1, 0.15) is 16.1 Å². The van der Waals surface area contributed by atoms with Crippen LogP contribution in [0.5, 0.6) is 0 Å². The molecule has 0 aliphatic rings. The van der Waals surface area contributed by atoms with E-state index in [1.54, 1.807) is 24.3 Å². The van der Waals surface area contributed by atoms with Gasteiger partial charge in [0.15, 0.2) is 11.3 Å². The van der Waals surface area contributed by atoms with Gasteiger partial charge in [0.05, 0.1) is 17.5 Å². The number of carbonyl (C=O) groups excluding carboxylic acids is 1. The molecular formula is C14H6BrClF3N3O. The second-order valence-electron chi connectivity index (χ2n) is 4.60. The van der Waals surface area contributed by atoms with Crippen LogP contribution in [0.4, 0.5) is 13.2 Å². The number of rotatable bonds is 2. The number of carbonyl (C=O) groups is 1. The van der Waals surface area contributed by atoms with Crippen molar-refractivity contribution in [3.05, 3.63) is 52.3 Å². The van der Waals surface area contributed by atoms with Crippen molar-refractivity contribution in [3.8, 4) is 11.3 Å². The van der Waals surface area contributed by atoms with Crippen LogP contribution in [0.25, 0.3) is 16.9 Å². The Kier molecular flexibility index (Phi) is 3.89. The van der Waals surface area contributed by atoms with E-state index >= 15 is 0 Å². The molecule has 0 spiro atoms. The number of benzene rings is 1. The molecule has 0 aliphatic carbocycles. The first-order chi connectivity index (χ1) is 10.8. The molecule has 9 heteroatoms. The predicted molar refractivity (Wildman–Crippen MR) is 81.3 cm³/mol. The van der Waals surface area contributed by atoms with Gasteiger partial charge in [0.2, 0.25) is 0 Å². The van der Waals surface area contributed by atoms with Crippen LogP contribution in [0.15, 0.2) is 41.0 Å². The van der Waals surface area contributed by atoms with Crippen LogP contribution in [0, 0.1) is 0 Å². The molecule has 4 nitrogen and oxygen atoms in total. The maximum absolute atomic E-state index is 13.3. The normalized spacial score (nSPS) is 11.9. The van der Waals surface area contributed by atoms with Gasteiger partial charge in [-0.15, -0.1) is 0 Å². The molecule has 3 aromatic rings. The Morgan fingerprint density at radius 2 is 1.87 bits per heavy atom. The molecule has 118 valence electrons. The van der Waals surface area contributed by atoms with Crippen molar-refractivity contribution >= 4 is 38.4 Å².